The molecule has 1 heterocycles. The number of benzene rings is 1. The van der Waals surface area contributed by atoms with Crippen molar-refractivity contribution < 1.29 is 23.8 Å². The largest absolute Gasteiger partial charge is 0.490 e. The number of carboxylic acid groups (broad SMARTS) is 1. The summed E-state index contributed by atoms with van der Waals surface area (Å²) < 4.78 is 18.5. The van der Waals surface area contributed by atoms with E-state index in [2.05, 4.69) is 0 Å². The molecular formula is C15H18FNO4. The zero-order valence-electron chi connectivity index (χ0n) is 11.6. The van der Waals surface area contributed by atoms with Crippen LogP contribution in [0.15, 0.2) is 24.3 Å². The average Bonchev–Trinajstić information content (AvgIpc) is 2.48. The van der Waals surface area contributed by atoms with Crippen molar-refractivity contribution in [2.24, 2.45) is 0 Å². The van der Waals surface area contributed by atoms with Gasteiger partial charge in [0.05, 0.1) is 6.42 Å². The zero-order chi connectivity index (χ0) is 15.2. The van der Waals surface area contributed by atoms with Crippen molar-refractivity contribution in [1.82, 2.24) is 4.90 Å². The number of nitrogens with zero attached hydrogens (tertiary/aromatic N) is 1. The lowest BCUT2D eigenvalue weighted by Crippen LogP contribution is -2.41. The summed E-state index contributed by atoms with van der Waals surface area (Å²) in [6, 6.07) is 5.86. The molecule has 1 fully saturated rings. The molecule has 6 heteroatoms. The van der Waals surface area contributed by atoms with E-state index in [1.165, 1.54) is 12.1 Å². The maximum Gasteiger partial charge on any atom is 0.303 e. The Morgan fingerprint density at radius 1 is 1.19 bits per heavy atom. The number of likely N-dealkylation sites (tertiary alicyclic amines) is 1. The predicted molar refractivity (Wildman–Crippen MR) is 73.5 cm³/mol. The van der Waals surface area contributed by atoms with Gasteiger partial charge in [-0.15, -0.1) is 0 Å². The van der Waals surface area contributed by atoms with Crippen LogP contribution in [0.5, 0.6) is 5.75 Å². The third-order valence-electron chi connectivity index (χ3n) is 3.46. The number of rotatable bonds is 5. The molecule has 0 atom stereocenters. The van der Waals surface area contributed by atoms with E-state index in [0.717, 1.165) is 0 Å². The zero-order valence-corrected chi connectivity index (χ0v) is 11.6. The van der Waals surface area contributed by atoms with Crippen molar-refractivity contribution in [2.45, 2.75) is 31.8 Å². The van der Waals surface area contributed by atoms with Crippen LogP contribution in [0.3, 0.4) is 0 Å². The molecule has 0 aromatic heterocycles. The van der Waals surface area contributed by atoms with Crippen LogP contribution in [-0.2, 0) is 9.59 Å². The molecule has 21 heavy (non-hydrogen) atoms. The summed E-state index contributed by atoms with van der Waals surface area (Å²) in [5.41, 5.74) is 0. The summed E-state index contributed by atoms with van der Waals surface area (Å²) in [6.45, 7) is 1.12. The number of aliphatic carboxylic acids is 1. The Labute approximate surface area is 122 Å². The van der Waals surface area contributed by atoms with Gasteiger partial charge in [-0.1, -0.05) is 0 Å². The molecule has 1 aliphatic rings. The maximum absolute atomic E-state index is 12.8. The van der Waals surface area contributed by atoms with Crippen LogP contribution in [0.25, 0.3) is 0 Å². The normalized spacial score (nSPS) is 15.8. The number of hydrogen-bond donors (Lipinski definition) is 1. The third-order valence-corrected chi connectivity index (χ3v) is 3.46. The topological polar surface area (TPSA) is 66.8 Å². The molecule has 2 rings (SSSR count). The number of hydrogen-bond acceptors (Lipinski definition) is 3. The fourth-order valence-corrected chi connectivity index (χ4v) is 2.30. The molecule has 0 spiro atoms. The minimum atomic E-state index is -0.960. The standard InChI is InChI=1S/C15H18FNO4/c16-11-1-3-12(4-2-11)21-13-7-9-17(10-8-13)14(18)5-6-15(19)20/h1-4,13H,5-10H2,(H,19,20). The first-order valence-electron chi connectivity index (χ1n) is 6.96. The Hall–Kier alpha value is -2.11. The van der Waals surface area contributed by atoms with E-state index < -0.39 is 5.97 Å². The van der Waals surface area contributed by atoms with E-state index >= 15 is 0 Å². The van der Waals surface area contributed by atoms with Crippen LogP contribution < -0.4 is 4.74 Å². The summed E-state index contributed by atoms with van der Waals surface area (Å²) in [4.78, 5) is 23.9. The number of piperidine rings is 1. The van der Waals surface area contributed by atoms with Crippen molar-refractivity contribution >= 4 is 11.9 Å². The van der Waals surface area contributed by atoms with E-state index in [0.29, 0.717) is 31.7 Å². The van der Waals surface area contributed by atoms with Gasteiger partial charge in [-0.2, -0.15) is 0 Å². The van der Waals surface area contributed by atoms with Gasteiger partial charge in [0.15, 0.2) is 0 Å². The molecule has 0 saturated carbocycles. The highest BCUT2D eigenvalue weighted by atomic mass is 19.1. The van der Waals surface area contributed by atoms with Gasteiger partial charge in [-0.05, 0) is 24.3 Å². The van der Waals surface area contributed by atoms with Gasteiger partial charge in [-0.3, -0.25) is 9.59 Å². The van der Waals surface area contributed by atoms with Crippen molar-refractivity contribution in [2.75, 3.05) is 13.1 Å². The number of ether oxygens (including phenoxy) is 1. The number of carbonyl (C=O) groups excluding carboxylic acids is 1. The lowest BCUT2D eigenvalue weighted by molar-refractivity contribution is -0.141. The Kier molecular flexibility index (Phi) is 5.14. The summed E-state index contributed by atoms with van der Waals surface area (Å²) in [7, 11) is 0. The highest BCUT2D eigenvalue weighted by Crippen LogP contribution is 2.19. The maximum atomic E-state index is 12.8. The quantitative estimate of drug-likeness (QED) is 0.903. The molecule has 0 unspecified atom stereocenters. The summed E-state index contributed by atoms with van der Waals surface area (Å²) in [6.07, 6.45) is 1.29. The highest BCUT2D eigenvalue weighted by molar-refractivity contribution is 5.80. The first-order valence-corrected chi connectivity index (χ1v) is 6.96. The Bertz CT molecular complexity index is 495. The van der Waals surface area contributed by atoms with Gasteiger partial charge in [0.25, 0.3) is 0 Å². The first-order chi connectivity index (χ1) is 10.0. The molecular weight excluding hydrogens is 277 g/mol. The lowest BCUT2D eigenvalue weighted by atomic mass is 10.1. The smallest absolute Gasteiger partial charge is 0.303 e. The van der Waals surface area contributed by atoms with E-state index in [4.69, 9.17) is 9.84 Å². The van der Waals surface area contributed by atoms with Crippen molar-refractivity contribution in [3.63, 3.8) is 0 Å². The Morgan fingerprint density at radius 3 is 2.38 bits per heavy atom. The molecule has 1 aromatic rings. The van der Waals surface area contributed by atoms with Crippen molar-refractivity contribution in [3.8, 4) is 5.75 Å². The Morgan fingerprint density at radius 2 is 1.81 bits per heavy atom. The second-order valence-electron chi connectivity index (χ2n) is 5.05. The van der Waals surface area contributed by atoms with Crippen LogP contribution in [0.1, 0.15) is 25.7 Å². The minimum absolute atomic E-state index is 0.000940. The fraction of sp³-hybridized carbons (Fsp3) is 0.467. The van der Waals surface area contributed by atoms with Crippen LogP contribution in [0, 0.1) is 5.82 Å². The van der Waals surface area contributed by atoms with E-state index in [1.54, 1.807) is 17.0 Å². The van der Waals surface area contributed by atoms with E-state index in [1.807, 2.05) is 0 Å². The van der Waals surface area contributed by atoms with Crippen molar-refractivity contribution in [1.29, 1.82) is 0 Å². The summed E-state index contributed by atoms with van der Waals surface area (Å²) in [5.74, 6) is -0.774. The number of carboxylic acids is 1. The van der Waals surface area contributed by atoms with Gasteiger partial charge in [0.1, 0.15) is 17.7 Å². The first kappa shape index (κ1) is 15.3. The van der Waals surface area contributed by atoms with Crippen LogP contribution >= 0.6 is 0 Å². The SMILES string of the molecule is O=C(O)CCC(=O)N1CCC(Oc2ccc(F)cc2)CC1. The Balaban J connectivity index is 1.76. The van der Waals surface area contributed by atoms with E-state index in [-0.39, 0.29) is 30.7 Å². The fourth-order valence-electron chi connectivity index (χ4n) is 2.30. The summed E-state index contributed by atoms with van der Waals surface area (Å²) in [5, 5.41) is 8.57. The number of carbonyl (C=O) groups is 2. The van der Waals surface area contributed by atoms with Crippen LogP contribution in [0.4, 0.5) is 4.39 Å². The molecule has 1 saturated heterocycles. The molecule has 5 nitrogen and oxygen atoms in total. The second kappa shape index (κ2) is 7.06. The van der Waals surface area contributed by atoms with Gasteiger partial charge in [0.2, 0.25) is 5.91 Å². The molecule has 0 bridgehead atoms. The molecule has 1 aromatic carbocycles. The number of halogens is 1. The average molecular weight is 295 g/mol. The predicted octanol–water partition coefficient (Wildman–Crippen LogP) is 2.06. The number of amides is 1. The van der Waals surface area contributed by atoms with Crippen molar-refractivity contribution in [3.05, 3.63) is 30.1 Å². The van der Waals surface area contributed by atoms with Gasteiger partial charge in [0, 0.05) is 32.4 Å². The highest BCUT2D eigenvalue weighted by Gasteiger charge is 2.24. The molecule has 114 valence electrons. The molecule has 1 aliphatic heterocycles. The monoisotopic (exact) mass is 295 g/mol. The molecule has 0 aliphatic carbocycles. The van der Waals surface area contributed by atoms with Crippen LogP contribution in [-0.4, -0.2) is 41.1 Å². The molecule has 1 amide bonds. The third kappa shape index (κ3) is 4.73. The summed E-state index contributed by atoms with van der Waals surface area (Å²) >= 11 is 0. The van der Waals surface area contributed by atoms with Gasteiger partial charge in [-0.25, -0.2) is 4.39 Å². The van der Waals surface area contributed by atoms with E-state index in [9.17, 15) is 14.0 Å². The second-order valence-corrected chi connectivity index (χ2v) is 5.05. The van der Waals surface area contributed by atoms with Gasteiger partial charge >= 0.3 is 5.97 Å². The minimum Gasteiger partial charge on any atom is -0.490 e. The van der Waals surface area contributed by atoms with Gasteiger partial charge < -0.3 is 14.7 Å². The molecule has 1 N–H and O–H groups in total. The lowest BCUT2D eigenvalue weighted by Gasteiger charge is -2.32. The van der Waals surface area contributed by atoms with Crippen LogP contribution in [0.2, 0.25) is 0 Å². The molecule has 0 radical (unpaired) electrons.